The SMILES string of the molecule is [B]COc1c(F)cccc1F. The molecule has 0 aliphatic rings. The van der Waals surface area contributed by atoms with E-state index in [0.717, 1.165) is 12.1 Å². The van der Waals surface area contributed by atoms with Crippen LogP contribution in [-0.4, -0.2) is 14.4 Å². The summed E-state index contributed by atoms with van der Waals surface area (Å²) in [6, 6.07) is 3.47. The highest BCUT2D eigenvalue weighted by Gasteiger charge is 2.07. The zero-order chi connectivity index (χ0) is 8.27. The summed E-state index contributed by atoms with van der Waals surface area (Å²) in [4.78, 5) is 0. The first-order chi connectivity index (χ1) is 5.25. The van der Waals surface area contributed by atoms with Crippen LogP contribution in [0.4, 0.5) is 8.78 Å². The predicted molar refractivity (Wildman–Crippen MR) is 37.6 cm³/mol. The summed E-state index contributed by atoms with van der Waals surface area (Å²) < 4.78 is 29.7. The summed E-state index contributed by atoms with van der Waals surface area (Å²) in [6.45, 7) is -0.238. The molecule has 1 aromatic carbocycles. The van der Waals surface area contributed by atoms with Crippen LogP contribution in [-0.2, 0) is 0 Å². The molecule has 0 N–H and O–H groups in total. The molecule has 0 saturated carbocycles. The van der Waals surface area contributed by atoms with Gasteiger partial charge in [-0.3, -0.25) is 0 Å². The van der Waals surface area contributed by atoms with Gasteiger partial charge in [-0.05, 0) is 12.1 Å². The van der Waals surface area contributed by atoms with E-state index < -0.39 is 17.4 Å². The van der Waals surface area contributed by atoms with Crippen LogP contribution in [0.15, 0.2) is 18.2 Å². The minimum atomic E-state index is -0.740. The highest BCUT2D eigenvalue weighted by Crippen LogP contribution is 2.19. The molecule has 4 heteroatoms. The molecule has 2 radical (unpaired) electrons. The van der Waals surface area contributed by atoms with Gasteiger partial charge in [0.05, 0.1) is 0 Å². The van der Waals surface area contributed by atoms with Crippen molar-refractivity contribution in [2.45, 2.75) is 0 Å². The number of para-hydroxylation sites is 1. The zero-order valence-corrected chi connectivity index (χ0v) is 5.68. The first-order valence-corrected chi connectivity index (χ1v) is 3.02. The maximum absolute atomic E-state index is 12.6. The van der Waals surface area contributed by atoms with Crippen LogP contribution in [0, 0.1) is 11.6 Å². The third kappa shape index (κ3) is 1.70. The van der Waals surface area contributed by atoms with Gasteiger partial charge >= 0.3 is 0 Å². The molecule has 0 bridgehead atoms. The zero-order valence-electron chi connectivity index (χ0n) is 5.68. The van der Waals surface area contributed by atoms with Crippen LogP contribution in [0.1, 0.15) is 0 Å². The molecule has 1 aromatic rings. The van der Waals surface area contributed by atoms with Crippen LogP contribution in [0.3, 0.4) is 0 Å². The number of rotatable bonds is 2. The van der Waals surface area contributed by atoms with Crippen LogP contribution in [0.2, 0.25) is 0 Å². The van der Waals surface area contributed by atoms with Gasteiger partial charge in [0.2, 0.25) is 0 Å². The monoisotopic (exact) mass is 154 g/mol. The van der Waals surface area contributed by atoms with E-state index in [2.05, 4.69) is 4.74 Å². The van der Waals surface area contributed by atoms with Crippen molar-refractivity contribution in [2.24, 2.45) is 0 Å². The molecular weight excluding hydrogens is 149 g/mol. The van der Waals surface area contributed by atoms with Crippen molar-refractivity contribution < 1.29 is 13.5 Å². The lowest BCUT2D eigenvalue weighted by atomic mass is 10.2. The summed E-state index contributed by atoms with van der Waals surface area (Å²) in [5.41, 5.74) is 0. The topological polar surface area (TPSA) is 9.23 Å². The first-order valence-electron chi connectivity index (χ1n) is 3.02. The third-order valence-electron chi connectivity index (χ3n) is 1.15. The van der Waals surface area contributed by atoms with Gasteiger partial charge in [0.25, 0.3) is 0 Å². The van der Waals surface area contributed by atoms with Gasteiger partial charge in [0.15, 0.2) is 17.4 Å². The molecular formula is C7H5BF2O. The van der Waals surface area contributed by atoms with Crippen LogP contribution < -0.4 is 4.74 Å². The van der Waals surface area contributed by atoms with Crippen molar-refractivity contribution in [3.8, 4) is 5.75 Å². The van der Waals surface area contributed by atoms with Gasteiger partial charge in [-0.1, -0.05) is 6.07 Å². The van der Waals surface area contributed by atoms with E-state index in [0.29, 0.717) is 0 Å². The fraction of sp³-hybridized carbons (Fsp3) is 0.143. The van der Waals surface area contributed by atoms with E-state index in [1.54, 1.807) is 0 Å². The number of ether oxygens (including phenoxy) is 1. The Bertz CT molecular complexity index is 232. The Morgan fingerprint density at radius 1 is 1.27 bits per heavy atom. The Morgan fingerprint density at radius 3 is 2.27 bits per heavy atom. The second-order valence-corrected chi connectivity index (χ2v) is 1.86. The maximum atomic E-state index is 12.6. The van der Waals surface area contributed by atoms with Crippen molar-refractivity contribution in [2.75, 3.05) is 6.51 Å². The highest BCUT2D eigenvalue weighted by molar-refractivity contribution is 6.08. The average molecular weight is 154 g/mol. The van der Waals surface area contributed by atoms with E-state index in [9.17, 15) is 8.78 Å². The molecule has 0 atom stereocenters. The number of halogens is 2. The molecule has 56 valence electrons. The Hall–Kier alpha value is -1.06. The van der Waals surface area contributed by atoms with Crippen molar-refractivity contribution >= 4 is 7.85 Å². The molecule has 11 heavy (non-hydrogen) atoms. The summed E-state index contributed by atoms with van der Waals surface area (Å²) >= 11 is 0. The number of hydrogen-bond acceptors (Lipinski definition) is 1. The van der Waals surface area contributed by atoms with Gasteiger partial charge in [-0.25, -0.2) is 8.78 Å². The minimum absolute atomic E-state index is 0.238. The lowest BCUT2D eigenvalue weighted by molar-refractivity contribution is 0.339. The normalized spacial score (nSPS) is 9.64. The fourth-order valence-corrected chi connectivity index (χ4v) is 0.704. The van der Waals surface area contributed by atoms with Crippen LogP contribution in [0.5, 0.6) is 5.75 Å². The smallest absolute Gasteiger partial charge is 0.189 e. The van der Waals surface area contributed by atoms with Crippen LogP contribution >= 0.6 is 0 Å². The van der Waals surface area contributed by atoms with Gasteiger partial charge in [-0.15, -0.1) is 0 Å². The largest absolute Gasteiger partial charge is 0.498 e. The fourth-order valence-electron chi connectivity index (χ4n) is 0.704. The Kier molecular flexibility index (Phi) is 2.46. The van der Waals surface area contributed by atoms with E-state index in [-0.39, 0.29) is 6.51 Å². The van der Waals surface area contributed by atoms with E-state index in [1.165, 1.54) is 6.07 Å². The van der Waals surface area contributed by atoms with Crippen molar-refractivity contribution in [3.05, 3.63) is 29.8 Å². The van der Waals surface area contributed by atoms with E-state index in [1.807, 2.05) is 0 Å². The van der Waals surface area contributed by atoms with E-state index >= 15 is 0 Å². The molecule has 0 aromatic heterocycles. The highest BCUT2D eigenvalue weighted by atomic mass is 19.1. The van der Waals surface area contributed by atoms with Gasteiger partial charge in [0.1, 0.15) is 7.85 Å². The number of benzene rings is 1. The average Bonchev–Trinajstić information content (AvgIpc) is 1.97. The molecule has 0 unspecified atom stereocenters. The second kappa shape index (κ2) is 3.37. The molecule has 1 nitrogen and oxygen atoms in total. The molecule has 0 aliphatic carbocycles. The lowest BCUT2D eigenvalue weighted by Gasteiger charge is -2.04. The van der Waals surface area contributed by atoms with E-state index in [4.69, 9.17) is 7.85 Å². The molecule has 0 spiro atoms. The number of hydrogen-bond donors (Lipinski definition) is 0. The van der Waals surface area contributed by atoms with Crippen molar-refractivity contribution in [1.82, 2.24) is 0 Å². The van der Waals surface area contributed by atoms with Gasteiger partial charge in [0, 0.05) is 6.51 Å². The molecule has 0 aliphatic heterocycles. The molecule has 0 saturated heterocycles. The quantitative estimate of drug-likeness (QED) is 0.586. The molecule has 0 fully saturated rings. The minimum Gasteiger partial charge on any atom is -0.498 e. The van der Waals surface area contributed by atoms with Crippen molar-refractivity contribution in [1.29, 1.82) is 0 Å². The summed E-state index contributed by atoms with van der Waals surface area (Å²) in [7, 11) is 4.94. The Labute approximate surface area is 64.4 Å². The summed E-state index contributed by atoms with van der Waals surface area (Å²) in [6.07, 6.45) is 0. The first kappa shape index (κ1) is 8.05. The van der Waals surface area contributed by atoms with Gasteiger partial charge in [-0.2, -0.15) is 0 Å². The van der Waals surface area contributed by atoms with Crippen molar-refractivity contribution in [3.63, 3.8) is 0 Å². The predicted octanol–water partition coefficient (Wildman–Crippen LogP) is 1.47. The molecule has 0 heterocycles. The summed E-state index contributed by atoms with van der Waals surface area (Å²) in [5.74, 6) is -1.90. The van der Waals surface area contributed by atoms with Gasteiger partial charge < -0.3 is 4.74 Å². The third-order valence-corrected chi connectivity index (χ3v) is 1.15. The Morgan fingerprint density at radius 2 is 1.82 bits per heavy atom. The second-order valence-electron chi connectivity index (χ2n) is 1.86. The summed E-state index contributed by atoms with van der Waals surface area (Å²) in [5, 5.41) is 0. The standard InChI is InChI=1S/C7H5BF2O/c8-4-11-7-5(9)2-1-3-6(7)10/h1-3H,4H2. The maximum Gasteiger partial charge on any atom is 0.189 e. The molecule has 0 amide bonds. The van der Waals surface area contributed by atoms with Crippen LogP contribution in [0.25, 0.3) is 0 Å². The lowest BCUT2D eigenvalue weighted by Crippen LogP contribution is -2.00. The Balaban J connectivity index is 3.00. The molecule has 1 rings (SSSR count).